The van der Waals surface area contributed by atoms with E-state index in [2.05, 4.69) is 55.6 Å². The van der Waals surface area contributed by atoms with Gasteiger partial charge in [-0.3, -0.25) is 9.35 Å². The standard InChI is InChI=1S/C41H75NO5S/c1-3-5-7-9-11-13-15-16-17-18-19-20-21-22-23-24-25-26-27-29-31-33-35-37-41(44)42-39(38-48(45,46)47)40(43)36-34-32-30-28-14-12-10-8-6-4-2/h6,8,14,18-19,28,34,36,39-40,43H,3-5,7,9-13,15-17,20-27,29-33,35,37-38H2,1-2H3,(H,42,44)(H,45,46,47)/b8-6+,19-18-,28-14+,36-34+. The fourth-order valence-corrected chi connectivity index (χ4v) is 6.51. The largest absolute Gasteiger partial charge is 0.387 e. The molecule has 7 heteroatoms. The molecule has 0 spiro atoms. The smallest absolute Gasteiger partial charge is 0.267 e. The molecule has 0 aromatic carbocycles. The van der Waals surface area contributed by atoms with Crippen LogP contribution in [-0.2, 0) is 14.9 Å². The Morgan fingerprint density at radius 1 is 0.562 bits per heavy atom. The van der Waals surface area contributed by atoms with Crippen molar-refractivity contribution >= 4 is 16.0 Å². The molecule has 0 aliphatic carbocycles. The molecule has 0 bridgehead atoms. The molecule has 1 amide bonds. The van der Waals surface area contributed by atoms with Crippen molar-refractivity contribution in [2.45, 2.75) is 199 Å². The summed E-state index contributed by atoms with van der Waals surface area (Å²) in [4.78, 5) is 12.5. The van der Waals surface area contributed by atoms with Crippen LogP contribution in [0.15, 0.2) is 48.6 Å². The van der Waals surface area contributed by atoms with Crippen LogP contribution in [0.4, 0.5) is 0 Å². The normalized spacial score (nSPS) is 13.8. The van der Waals surface area contributed by atoms with Crippen LogP contribution in [0.2, 0.25) is 0 Å². The van der Waals surface area contributed by atoms with E-state index in [1.165, 1.54) is 122 Å². The summed E-state index contributed by atoms with van der Waals surface area (Å²) < 4.78 is 32.3. The Morgan fingerprint density at radius 3 is 1.42 bits per heavy atom. The Labute approximate surface area is 297 Å². The van der Waals surface area contributed by atoms with Crippen molar-refractivity contribution < 1.29 is 22.9 Å². The number of hydrogen-bond acceptors (Lipinski definition) is 4. The van der Waals surface area contributed by atoms with Gasteiger partial charge in [0.2, 0.25) is 5.91 Å². The van der Waals surface area contributed by atoms with E-state index in [0.717, 1.165) is 44.9 Å². The van der Waals surface area contributed by atoms with E-state index in [1.54, 1.807) is 6.08 Å². The lowest BCUT2D eigenvalue weighted by Crippen LogP contribution is -2.46. The van der Waals surface area contributed by atoms with Gasteiger partial charge in [-0.2, -0.15) is 8.42 Å². The first-order valence-electron chi connectivity index (χ1n) is 19.8. The van der Waals surface area contributed by atoms with Gasteiger partial charge in [0.05, 0.1) is 17.9 Å². The lowest BCUT2D eigenvalue weighted by atomic mass is 10.0. The summed E-state index contributed by atoms with van der Waals surface area (Å²) in [5, 5.41) is 13.1. The van der Waals surface area contributed by atoms with Gasteiger partial charge >= 0.3 is 0 Å². The summed E-state index contributed by atoms with van der Waals surface area (Å²) >= 11 is 0. The molecule has 0 aromatic heterocycles. The zero-order valence-electron chi connectivity index (χ0n) is 31.1. The number of hydrogen-bond donors (Lipinski definition) is 3. The molecule has 0 heterocycles. The first kappa shape index (κ1) is 46.3. The fourth-order valence-electron chi connectivity index (χ4n) is 5.78. The molecule has 280 valence electrons. The minimum absolute atomic E-state index is 0.283. The number of amides is 1. The molecule has 0 aliphatic heterocycles. The van der Waals surface area contributed by atoms with Crippen molar-refractivity contribution in [3.8, 4) is 0 Å². The van der Waals surface area contributed by atoms with Gasteiger partial charge in [-0.1, -0.05) is 165 Å². The van der Waals surface area contributed by atoms with Gasteiger partial charge in [-0.15, -0.1) is 0 Å². The Hall–Kier alpha value is -1.70. The molecule has 3 N–H and O–H groups in total. The maximum absolute atomic E-state index is 12.5. The van der Waals surface area contributed by atoms with E-state index < -0.39 is 28.0 Å². The molecule has 0 saturated carbocycles. The Bertz CT molecular complexity index is 940. The minimum atomic E-state index is -4.35. The van der Waals surface area contributed by atoms with Gasteiger partial charge in [0.1, 0.15) is 0 Å². The van der Waals surface area contributed by atoms with Crippen LogP contribution in [0, 0.1) is 0 Å². The van der Waals surface area contributed by atoms with E-state index >= 15 is 0 Å². The number of aliphatic hydroxyl groups is 1. The third-order valence-electron chi connectivity index (χ3n) is 8.72. The number of carbonyl (C=O) groups is 1. The van der Waals surface area contributed by atoms with Crippen molar-refractivity contribution in [2.24, 2.45) is 0 Å². The van der Waals surface area contributed by atoms with Crippen LogP contribution in [0.1, 0.15) is 187 Å². The predicted octanol–water partition coefficient (Wildman–Crippen LogP) is 11.5. The van der Waals surface area contributed by atoms with E-state index in [1.807, 2.05) is 0 Å². The van der Waals surface area contributed by atoms with Crippen LogP contribution < -0.4 is 5.32 Å². The topological polar surface area (TPSA) is 104 Å². The van der Waals surface area contributed by atoms with Gasteiger partial charge in [-0.05, 0) is 64.2 Å². The minimum Gasteiger partial charge on any atom is -0.387 e. The average Bonchev–Trinajstić information content (AvgIpc) is 3.05. The highest BCUT2D eigenvalue weighted by Gasteiger charge is 2.24. The second-order valence-corrected chi connectivity index (χ2v) is 15.0. The molecule has 0 fully saturated rings. The van der Waals surface area contributed by atoms with E-state index in [9.17, 15) is 22.9 Å². The number of aliphatic hydroxyl groups excluding tert-OH is 1. The Balaban J connectivity index is 3.84. The maximum atomic E-state index is 12.5. The number of allylic oxidation sites excluding steroid dienone is 7. The van der Waals surface area contributed by atoms with Crippen molar-refractivity contribution in [1.29, 1.82) is 0 Å². The molecule has 2 atom stereocenters. The van der Waals surface area contributed by atoms with Gasteiger partial charge in [-0.25, -0.2) is 0 Å². The zero-order chi connectivity index (χ0) is 35.4. The van der Waals surface area contributed by atoms with Crippen LogP contribution in [0.25, 0.3) is 0 Å². The molecule has 0 rings (SSSR count). The monoisotopic (exact) mass is 694 g/mol. The summed E-state index contributed by atoms with van der Waals surface area (Å²) in [6.45, 7) is 4.39. The number of nitrogens with one attached hydrogen (secondary N) is 1. The highest BCUT2D eigenvalue weighted by Crippen LogP contribution is 2.14. The average molecular weight is 694 g/mol. The van der Waals surface area contributed by atoms with Crippen molar-refractivity contribution in [3.05, 3.63) is 48.6 Å². The van der Waals surface area contributed by atoms with Crippen molar-refractivity contribution in [1.82, 2.24) is 5.32 Å². The maximum Gasteiger partial charge on any atom is 0.267 e. The van der Waals surface area contributed by atoms with E-state index in [4.69, 9.17) is 0 Å². The molecule has 0 radical (unpaired) electrons. The van der Waals surface area contributed by atoms with Crippen molar-refractivity contribution in [3.63, 3.8) is 0 Å². The van der Waals surface area contributed by atoms with Crippen LogP contribution in [-0.4, -0.2) is 41.9 Å². The highest BCUT2D eigenvalue weighted by atomic mass is 32.2. The van der Waals surface area contributed by atoms with Gasteiger partial charge in [0.25, 0.3) is 10.1 Å². The Morgan fingerprint density at radius 2 is 0.958 bits per heavy atom. The second-order valence-electron chi connectivity index (χ2n) is 13.5. The van der Waals surface area contributed by atoms with Crippen LogP contribution in [0.5, 0.6) is 0 Å². The highest BCUT2D eigenvalue weighted by molar-refractivity contribution is 7.85. The third-order valence-corrected chi connectivity index (χ3v) is 9.50. The number of rotatable bonds is 35. The molecule has 0 aliphatic rings. The number of carbonyl (C=O) groups excluding carboxylic acids is 1. The summed E-state index contributed by atoms with van der Waals surface area (Å²) in [5.41, 5.74) is 0. The molecular formula is C41H75NO5S. The molecule has 2 unspecified atom stereocenters. The first-order valence-corrected chi connectivity index (χ1v) is 21.4. The third kappa shape index (κ3) is 35.6. The molecule has 48 heavy (non-hydrogen) atoms. The SMILES string of the molecule is CC/C=C/CC/C=C/CC/C=C/C(O)C(CS(=O)(=O)O)NC(=O)CCCCCCCCCCCCC/C=C\CCCCCCCCCC. The van der Waals surface area contributed by atoms with Gasteiger partial charge in [0, 0.05) is 6.42 Å². The Kier molecular flexibility index (Phi) is 33.9. The van der Waals surface area contributed by atoms with E-state index in [0.29, 0.717) is 6.42 Å². The predicted molar refractivity (Wildman–Crippen MR) is 207 cm³/mol. The molecule has 0 aromatic rings. The van der Waals surface area contributed by atoms with Gasteiger partial charge < -0.3 is 10.4 Å². The lowest BCUT2D eigenvalue weighted by molar-refractivity contribution is -0.122. The first-order chi connectivity index (χ1) is 23.3. The van der Waals surface area contributed by atoms with E-state index in [-0.39, 0.29) is 12.3 Å². The molecular weight excluding hydrogens is 619 g/mol. The van der Waals surface area contributed by atoms with Gasteiger partial charge in [0.15, 0.2) is 0 Å². The summed E-state index contributed by atoms with van der Waals surface area (Å²) in [7, 11) is -4.35. The van der Waals surface area contributed by atoms with Crippen LogP contribution >= 0.6 is 0 Å². The molecule has 6 nitrogen and oxygen atoms in total. The van der Waals surface area contributed by atoms with Crippen LogP contribution in [0.3, 0.4) is 0 Å². The fraction of sp³-hybridized carbons (Fsp3) is 0.780. The second kappa shape index (κ2) is 35.1. The quantitative estimate of drug-likeness (QED) is 0.0348. The summed E-state index contributed by atoms with van der Waals surface area (Å²) in [5.74, 6) is -1.01. The molecule has 0 saturated heterocycles. The number of unbranched alkanes of at least 4 members (excludes halogenated alkanes) is 21. The lowest BCUT2D eigenvalue weighted by Gasteiger charge is -2.21. The summed E-state index contributed by atoms with van der Waals surface area (Å²) in [6.07, 6.45) is 46.9. The van der Waals surface area contributed by atoms with Crippen molar-refractivity contribution in [2.75, 3.05) is 5.75 Å². The zero-order valence-corrected chi connectivity index (χ0v) is 31.9. The summed E-state index contributed by atoms with van der Waals surface area (Å²) in [6, 6.07) is -1.08.